The van der Waals surface area contributed by atoms with E-state index >= 15 is 0 Å². The first-order chi connectivity index (χ1) is 8.72. The number of nitrogens with one attached hydrogen (secondary N) is 1. The van der Waals surface area contributed by atoms with Crippen LogP contribution in [-0.4, -0.2) is 20.7 Å². The van der Waals surface area contributed by atoms with Crippen molar-refractivity contribution < 1.29 is 4.79 Å². The molecule has 0 saturated heterocycles. The third kappa shape index (κ3) is 2.76. The molecule has 1 N–H and O–H groups in total. The van der Waals surface area contributed by atoms with E-state index in [2.05, 4.69) is 22.3 Å². The molecule has 96 valence electrons. The minimum atomic E-state index is -0.117. The molecule has 6 heteroatoms. The van der Waals surface area contributed by atoms with Crippen LogP contribution in [0.4, 0.5) is 5.82 Å². The average molecular weight is 264 g/mol. The maximum atomic E-state index is 12.0. The number of aryl methyl sites for hydroxylation is 2. The lowest BCUT2D eigenvalue weighted by molar-refractivity contribution is 0.102. The first kappa shape index (κ1) is 12.8. The Labute approximate surface area is 110 Å². The van der Waals surface area contributed by atoms with Crippen molar-refractivity contribution in [2.45, 2.75) is 33.2 Å². The first-order valence-corrected chi connectivity index (χ1v) is 6.83. The molecule has 0 atom stereocenters. The number of amides is 1. The van der Waals surface area contributed by atoms with Crippen LogP contribution in [0.25, 0.3) is 0 Å². The number of anilines is 1. The zero-order valence-electron chi connectivity index (χ0n) is 10.5. The van der Waals surface area contributed by atoms with Gasteiger partial charge in [0.2, 0.25) is 0 Å². The quantitative estimate of drug-likeness (QED) is 0.903. The Bertz CT molecular complexity index is 532. The third-order valence-corrected chi connectivity index (χ3v) is 3.56. The fourth-order valence-corrected chi connectivity index (χ4v) is 2.32. The fourth-order valence-electron chi connectivity index (χ4n) is 1.62. The summed E-state index contributed by atoms with van der Waals surface area (Å²) in [4.78, 5) is 16.8. The Morgan fingerprint density at radius 2 is 2.39 bits per heavy atom. The lowest BCUT2D eigenvalue weighted by Gasteiger charge is -2.07. The molecule has 0 aliphatic carbocycles. The lowest BCUT2D eigenvalue weighted by Crippen LogP contribution is -2.15. The maximum absolute atomic E-state index is 12.0. The van der Waals surface area contributed by atoms with Gasteiger partial charge in [0.1, 0.15) is 10.7 Å². The maximum Gasteiger partial charge on any atom is 0.268 e. The molecule has 18 heavy (non-hydrogen) atoms. The zero-order chi connectivity index (χ0) is 13.0. The van der Waals surface area contributed by atoms with Gasteiger partial charge in [-0.15, -0.1) is 11.3 Å². The summed E-state index contributed by atoms with van der Waals surface area (Å²) in [5.74, 6) is 0.620. The molecule has 0 aromatic carbocycles. The summed E-state index contributed by atoms with van der Waals surface area (Å²) in [6.07, 6.45) is 3.84. The van der Waals surface area contributed by atoms with Crippen LogP contribution in [0.1, 0.15) is 35.1 Å². The predicted octanol–water partition coefficient (Wildman–Crippen LogP) is 2.70. The molecule has 2 rings (SSSR count). The van der Waals surface area contributed by atoms with Crippen molar-refractivity contribution in [3.63, 3.8) is 0 Å². The molecule has 0 bridgehead atoms. The highest BCUT2D eigenvalue weighted by atomic mass is 32.1. The van der Waals surface area contributed by atoms with Crippen molar-refractivity contribution >= 4 is 23.1 Å². The number of hydrogen-bond acceptors (Lipinski definition) is 4. The number of hydrogen-bond donors (Lipinski definition) is 1. The molecular weight excluding hydrogens is 248 g/mol. The summed E-state index contributed by atoms with van der Waals surface area (Å²) in [6.45, 7) is 4.78. The van der Waals surface area contributed by atoms with Crippen molar-refractivity contribution in [3.05, 3.63) is 28.3 Å². The summed E-state index contributed by atoms with van der Waals surface area (Å²) in [5, 5.41) is 7.07. The fraction of sp³-hybridized carbons (Fsp3) is 0.417. The molecule has 0 spiro atoms. The number of carbonyl (C=O) groups excluding carboxylic acids is 1. The van der Waals surface area contributed by atoms with Crippen LogP contribution in [0.3, 0.4) is 0 Å². The van der Waals surface area contributed by atoms with Crippen LogP contribution >= 0.6 is 11.3 Å². The number of aromatic nitrogens is 3. The summed E-state index contributed by atoms with van der Waals surface area (Å²) in [5.41, 5.74) is 2.44. The van der Waals surface area contributed by atoms with E-state index < -0.39 is 0 Å². The van der Waals surface area contributed by atoms with E-state index in [1.807, 2.05) is 17.7 Å². The Balaban J connectivity index is 2.08. The molecule has 0 aliphatic rings. The molecule has 0 saturated carbocycles. The van der Waals surface area contributed by atoms with Gasteiger partial charge in [0.05, 0.1) is 17.4 Å². The van der Waals surface area contributed by atoms with Crippen LogP contribution in [-0.2, 0) is 6.54 Å². The van der Waals surface area contributed by atoms with E-state index in [0.717, 1.165) is 30.9 Å². The van der Waals surface area contributed by atoms with Gasteiger partial charge in [-0.1, -0.05) is 13.3 Å². The number of thiazole rings is 1. The van der Waals surface area contributed by atoms with E-state index in [1.54, 1.807) is 11.7 Å². The molecule has 0 unspecified atom stereocenters. The molecule has 1 amide bonds. The van der Waals surface area contributed by atoms with E-state index in [9.17, 15) is 4.79 Å². The van der Waals surface area contributed by atoms with E-state index in [-0.39, 0.29) is 5.91 Å². The minimum absolute atomic E-state index is 0.117. The molecule has 2 heterocycles. The second-order valence-electron chi connectivity index (χ2n) is 4.01. The second-order valence-corrected chi connectivity index (χ2v) is 4.87. The van der Waals surface area contributed by atoms with Crippen LogP contribution in [0.2, 0.25) is 0 Å². The lowest BCUT2D eigenvalue weighted by atomic mass is 10.3. The van der Waals surface area contributed by atoms with Gasteiger partial charge in [-0.05, 0) is 13.3 Å². The summed E-state index contributed by atoms with van der Waals surface area (Å²) in [7, 11) is 0. The van der Waals surface area contributed by atoms with Crippen molar-refractivity contribution in [1.82, 2.24) is 14.8 Å². The highest BCUT2D eigenvalue weighted by Crippen LogP contribution is 2.15. The van der Waals surface area contributed by atoms with Gasteiger partial charge in [0.15, 0.2) is 0 Å². The Morgan fingerprint density at radius 3 is 3.06 bits per heavy atom. The van der Waals surface area contributed by atoms with Gasteiger partial charge in [-0.3, -0.25) is 4.79 Å². The highest BCUT2D eigenvalue weighted by Gasteiger charge is 2.13. The summed E-state index contributed by atoms with van der Waals surface area (Å²) < 4.78 is 1.82. The van der Waals surface area contributed by atoms with Gasteiger partial charge in [0.25, 0.3) is 5.91 Å². The van der Waals surface area contributed by atoms with E-state index in [0.29, 0.717) is 4.88 Å². The van der Waals surface area contributed by atoms with E-state index in [1.165, 1.54) is 11.3 Å². The number of rotatable bonds is 5. The van der Waals surface area contributed by atoms with Crippen LogP contribution in [0.15, 0.2) is 17.8 Å². The molecule has 2 aromatic heterocycles. The molecule has 5 nitrogen and oxygen atoms in total. The summed E-state index contributed by atoms with van der Waals surface area (Å²) >= 11 is 1.35. The van der Waals surface area contributed by atoms with Crippen LogP contribution in [0.5, 0.6) is 0 Å². The Kier molecular flexibility index (Phi) is 4.09. The average Bonchev–Trinajstić information content (AvgIpc) is 2.95. The van der Waals surface area contributed by atoms with Gasteiger partial charge in [-0.2, -0.15) is 5.10 Å². The molecule has 2 aromatic rings. The van der Waals surface area contributed by atoms with Crippen LogP contribution < -0.4 is 5.32 Å². The molecule has 0 radical (unpaired) electrons. The standard InChI is InChI=1S/C12H16N4OS/c1-3-4-7-16-10(5-6-14-16)15-12(17)11-9(2)13-8-18-11/h5-6,8H,3-4,7H2,1-2H3,(H,15,17). The number of carbonyl (C=O) groups is 1. The van der Waals surface area contributed by atoms with Crippen molar-refractivity contribution in [3.8, 4) is 0 Å². The van der Waals surface area contributed by atoms with E-state index in [4.69, 9.17) is 0 Å². The Morgan fingerprint density at radius 1 is 1.56 bits per heavy atom. The monoisotopic (exact) mass is 264 g/mol. The second kappa shape index (κ2) is 5.77. The topological polar surface area (TPSA) is 59.8 Å². The van der Waals surface area contributed by atoms with Gasteiger partial charge < -0.3 is 5.32 Å². The molecular formula is C12H16N4OS. The van der Waals surface area contributed by atoms with Gasteiger partial charge in [0, 0.05) is 12.6 Å². The SMILES string of the molecule is CCCCn1nccc1NC(=O)c1scnc1C. The van der Waals surface area contributed by atoms with Crippen molar-refractivity contribution in [2.24, 2.45) is 0 Å². The zero-order valence-corrected chi connectivity index (χ0v) is 11.3. The largest absolute Gasteiger partial charge is 0.306 e. The number of unbranched alkanes of at least 4 members (excludes halogenated alkanes) is 1. The smallest absolute Gasteiger partial charge is 0.268 e. The minimum Gasteiger partial charge on any atom is -0.306 e. The molecule has 0 fully saturated rings. The molecule has 0 aliphatic heterocycles. The van der Waals surface area contributed by atoms with Gasteiger partial charge in [-0.25, -0.2) is 9.67 Å². The van der Waals surface area contributed by atoms with Crippen molar-refractivity contribution in [1.29, 1.82) is 0 Å². The normalized spacial score (nSPS) is 10.6. The Hall–Kier alpha value is -1.69. The first-order valence-electron chi connectivity index (χ1n) is 5.95. The highest BCUT2D eigenvalue weighted by molar-refractivity contribution is 7.12. The van der Waals surface area contributed by atoms with Crippen LogP contribution in [0, 0.1) is 6.92 Å². The van der Waals surface area contributed by atoms with Crippen molar-refractivity contribution in [2.75, 3.05) is 5.32 Å². The van der Waals surface area contributed by atoms with Gasteiger partial charge >= 0.3 is 0 Å². The number of nitrogens with zero attached hydrogens (tertiary/aromatic N) is 3. The summed E-state index contributed by atoms with van der Waals surface area (Å²) in [6, 6.07) is 1.81. The predicted molar refractivity (Wildman–Crippen MR) is 71.9 cm³/mol. The third-order valence-electron chi connectivity index (χ3n) is 2.63.